The van der Waals surface area contributed by atoms with E-state index in [-0.39, 0.29) is 29.1 Å². The maximum absolute atomic E-state index is 12.0. The van der Waals surface area contributed by atoms with Crippen LogP contribution in [0.15, 0.2) is 11.1 Å². The van der Waals surface area contributed by atoms with Crippen LogP contribution in [0.4, 0.5) is 5.95 Å². The number of H-pyrrole nitrogens is 1. The Morgan fingerprint density at radius 2 is 2.28 bits per heavy atom. The number of aromatic nitrogens is 4. The zero-order valence-electron chi connectivity index (χ0n) is 14.3. The number of nitrogens with one attached hydrogen (secondary N) is 1. The Labute approximate surface area is 143 Å². The number of rotatable bonds is 5. The Morgan fingerprint density at radius 1 is 1.52 bits per heavy atom. The summed E-state index contributed by atoms with van der Waals surface area (Å²) < 4.78 is 18.5. The van der Waals surface area contributed by atoms with E-state index in [9.17, 15) is 9.59 Å². The molecule has 4 atom stereocenters. The quantitative estimate of drug-likeness (QED) is 0.730. The molecule has 25 heavy (non-hydrogen) atoms. The molecule has 3 N–H and O–H groups in total. The van der Waals surface area contributed by atoms with Gasteiger partial charge in [0.2, 0.25) is 5.95 Å². The van der Waals surface area contributed by atoms with Crippen molar-refractivity contribution in [2.24, 2.45) is 5.92 Å². The predicted octanol–water partition coefficient (Wildman–Crippen LogP) is 0.204. The average Bonchev–Trinajstić information content (AvgIpc) is 3.09. The molecule has 136 valence electrons. The summed E-state index contributed by atoms with van der Waals surface area (Å²) in [6, 6.07) is 0. The fourth-order valence-electron chi connectivity index (χ4n) is 3.26. The van der Waals surface area contributed by atoms with E-state index >= 15 is 0 Å². The van der Waals surface area contributed by atoms with Crippen LogP contribution in [-0.2, 0) is 19.0 Å². The maximum atomic E-state index is 12.0. The van der Waals surface area contributed by atoms with E-state index in [2.05, 4.69) is 15.0 Å². The van der Waals surface area contributed by atoms with Gasteiger partial charge in [-0.25, -0.2) is 4.98 Å². The van der Waals surface area contributed by atoms with Gasteiger partial charge in [0, 0.05) is 14.0 Å². The number of esters is 1. The van der Waals surface area contributed by atoms with Crippen LogP contribution in [0.1, 0.15) is 26.5 Å². The number of anilines is 1. The second-order valence-electron chi connectivity index (χ2n) is 5.94. The fourth-order valence-corrected chi connectivity index (χ4v) is 3.26. The highest BCUT2D eigenvalue weighted by molar-refractivity contribution is 5.70. The number of aromatic amines is 1. The molecular formula is C15H21N5O5. The molecule has 1 saturated heterocycles. The summed E-state index contributed by atoms with van der Waals surface area (Å²) in [7, 11) is 1.58. The van der Waals surface area contributed by atoms with E-state index in [0.717, 1.165) is 0 Å². The van der Waals surface area contributed by atoms with Gasteiger partial charge in [-0.2, -0.15) is 4.98 Å². The second kappa shape index (κ2) is 6.81. The molecule has 10 heteroatoms. The third-order valence-corrected chi connectivity index (χ3v) is 4.28. The van der Waals surface area contributed by atoms with Crippen molar-refractivity contribution in [2.75, 3.05) is 19.5 Å². The summed E-state index contributed by atoms with van der Waals surface area (Å²) in [4.78, 5) is 34.2. The zero-order chi connectivity index (χ0) is 18.1. The number of fused-ring (bicyclic) bond motifs is 1. The molecule has 3 rings (SSSR count). The summed E-state index contributed by atoms with van der Waals surface area (Å²) in [5.41, 5.74) is 5.62. The summed E-state index contributed by atoms with van der Waals surface area (Å²) in [5.74, 6) is -0.603. The first-order valence-corrected chi connectivity index (χ1v) is 8.00. The highest BCUT2D eigenvalue weighted by atomic mass is 16.6. The summed E-state index contributed by atoms with van der Waals surface area (Å²) >= 11 is 0. The van der Waals surface area contributed by atoms with Gasteiger partial charge in [0.25, 0.3) is 5.56 Å². The Hall–Kier alpha value is -2.46. The van der Waals surface area contributed by atoms with Crippen LogP contribution in [0.3, 0.4) is 0 Å². The van der Waals surface area contributed by atoms with Gasteiger partial charge in [-0.1, -0.05) is 6.92 Å². The third kappa shape index (κ3) is 3.10. The molecule has 0 unspecified atom stereocenters. The van der Waals surface area contributed by atoms with E-state index in [0.29, 0.717) is 13.0 Å². The molecular weight excluding hydrogens is 330 g/mol. The number of hydrogen-bond acceptors (Lipinski definition) is 8. The number of nitrogens with zero attached hydrogens (tertiary/aromatic N) is 3. The molecule has 1 fully saturated rings. The third-order valence-electron chi connectivity index (χ3n) is 4.28. The predicted molar refractivity (Wildman–Crippen MR) is 87.7 cm³/mol. The van der Waals surface area contributed by atoms with E-state index < -0.39 is 23.9 Å². The topological polar surface area (TPSA) is 134 Å². The molecule has 0 spiro atoms. The van der Waals surface area contributed by atoms with Gasteiger partial charge in [0.15, 0.2) is 23.5 Å². The van der Waals surface area contributed by atoms with Crippen molar-refractivity contribution in [1.29, 1.82) is 0 Å². The van der Waals surface area contributed by atoms with Gasteiger partial charge in [-0.3, -0.25) is 19.1 Å². The van der Waals surface area contributed by atoms with Gasteiger partial charge in [-0.05, 0) is 6.42 Å². The molecule has 0 bridgehead atoms. The zero-order valence-corrected chi connectivity index (χ0v) is 14.3. The van der Waals surface area contributed by atoms with Gasteiger partial charge < -0.3 is 19.9 Å². The lowest BCUT2D eigenvalue weighted by Gasteiger charge is -2.23. The number of nitrogen functional groups attached to an aromatic ring is 1. The number of carbonyl (C=O) groups is 1. The van der Waals surface area contributed by atoms with Crippen LogP contribution >= 0.6 is 0 Å². The average molecular weight is 351 g/mol. The maximum Gasteiger partial charge on any atom is 0.303 e. The molecule has 1 aliphatic heterocycles. The van der Waals surface area contributed by atoms with Crippen molar-refractivity contribution in [3.63, 3.8) is 0 Å². The lowest BCUT2D eigenvalue weighted by molar-refractivity contribution is -0.154. The highest BCUT2D eigenvalue weighted by Gasteiger charge is 2.47. The standard InChI is InChI=1S/C15H21N5O5/c1-4-9-8(5-23-3)11(24-7(2)21)14(25-9)20-6-17-10-12(20)18-15(16)19-13(10)22/h6,8-9,11,14H,4-5H2,1-3H3,(H3,16,18,19,22)/t8-,9-,11-,14-/m1/s1. The molecule has 2 aromatic rings. The Morgan fingerprint density at radius 3 is 2.92 bits per heavy atom. The number of ether oxygens (including phenoxy) is 3. The van der Waals surface area contributed by atoms with Crippen LogP contribution in [0.2, 0.25) is 0 Å². The lowest BCUT2D eigenvalue weighted by atomic mass is 9.97. The summed E-state index contributed by atoms with van der Waals surface area (Å²) in [6.45, 7) is 3.69. The highest BCUT2D eigenvalue weighted by Crippen LogP contribution is 2.38. The summed E-state index contributed by atoms with van der Waals surface area (Å²) in [5, 5.41) is 0. The summed E-state index contributed by atoms with van der Waals surface area (Å²) in [6.07, 6.45) is 0.710. The number of methoxy groups -OCH3 is 1. The van der Waals surface area contributed by atoms with E-state index in [1.165, 1.54) is 13.3 Å². The molecule has 0 aliphatic carbocycles. The van der Waals surface area contributed by atoms with Crippen LogP contribution in [0.5, 0.6) is 0 Å². The van der Waals surface area contributed by atoms with E-state index in [4.69, 9.17) is 19.9 Å². The van der Waals surface area contributed by atoms with Crippen molar-refractivity contribution < 1.29 is 19.0 Å². The van der Waals surface area contributed by atoms with E-state index in [1.807, 2.05) is 6.92 Å². The Kier molecular flexibility index (Phi) is 4.73. The van der Waals surface area contributed by atoms with Gasteiger partial charge >= 0.3 is 5.97 Å². The minimum Gasteiger partial charge on any atom is -0.457 e. The normalized spacial score (nSPS) is 26.2. The van der Waals surface area contributed by atoms with Crippen molar-refractivity contribution in [1.82, 2.24) is 19.5 Å². The minimum atomic E-state index is -0.673. The van der Waals surface area contributed by atoms with Crippen molar-refractivity contribution in [2.45, 2.75) is 38.7 Å². The van der Waals surface area contributed by atoms with Gasteiger partial charge in [0.1, 0.15) is 0 Å². The largest absolute Gasteiger partial charge is 0.457 e. The SMILES string of the molecule is CC[C@H]1O[C@@H](n2cnc3c(=O)[nH]c(N)nc32)[C@H](OC(C)=O)[C@@H]1COC. The van der Waals surface area contributed by atoms with Gasteiger partial charge in [0.05, 0.1) is 25.0 Å². The molecule has 0 saturated carbocycles. The molecule has 3 heterocycles. The number of hydrogen-bond donors (Lipinski definition) is 2. The first-order valence-electron chi connectivity index (χ1n) is 8.00. The smallest absolute Gasteiger partial charge is 0.303 e. The fraction of sp³-hybridized carbons (Fsp3) is 0.600. The van der Waals surface area contributed by atoms with Gasteiger partial charge in [-0.15, -0.1) is 0 Å². The lowest BCUT2D eigenvalue weighted by Crippen LogP contribution is -2.34. The second-order valence-corrected chi connectivity index (χ2v) is 5.94. The molecule has 1 aliphatic rings. The Balaban J connectivity index is 2.07. The number of carbonyl (C=O) groups excluding carboxylic acids is 1. The first kappa shape index (κ1) is 17.4. The van der Waals surface area contributed by atoms with Crippen molar-refractivity contribution >= 4 is 23.1 Å². The molecule has 0 amide bonds. The van der Waals surface area contributed by atoms with Crippen LogP contribution in [-0.4, -0.2) is 51.4 Å². The van der Waals surface area contributed by atoms with Crippen LogP contribution < -0.4 is 11.3 Å². The minimum absolute atomic E-state index is 0.0261. The first-order chi connectivity index (χ1) is 12.0. The molecule has 0 radical (unpaired) electrons. The van der Waals surface area contributed by atoms with Crippen LogP contribution in [0.25, 0.3) is 11.2 Å². The monoisotopic (exact) mass is 351 g/mol. The number of imidazole rings is 1. The molecule has 10 nitrogen and oxygen atoms in total. The van der Waals surface area contributed by atoms with Crippen molar-refractivity contribution in [3.05, 3.63) is 16.7 Å². The van der Waals surface area contributed by atoms with Crippen molar-refractivity contribution in [3.8, 4) is 0 Å². The van der Waals surface area contributed by atoms with E-state index in [1.54, 1.807) is 11.7 Å². The molecule has 0 aromatic carbocycles. The Bertz CT molecular complexity index is 831. The molecule has 2 aromatic heterocycles. The number of nitrogens with two attached hydrogens (primary N) is 1. The van der Waals surface area contributed by atoms with Crippen LogP contribution in [0, 0.1) is 5.92 Å².